The highest BCUT2D eigenvalue weighted by atomic mass is 16.2. The van der Waals surface area contributed by atoms with Gasteiger partial charge in [-0.3, -0.25) is 9.59 Å². The molecular weight excluding hydrogens is 426 g/mol. The molecule has 1 aliphatic carbocycles. The minimum Gasteiger partial charge on any atom is -0.356 e. The molecule has 1 aliphatic heterocycles. The van der Waals surface area contributed by atoms with Gasteiger partial charge in [-0.1, -0.05) is 19.9 Å². The Morgan fingerprint density at radius 2 is 1.85 bits per heavy atom. The van der Waals surface area contributed by atoms with Crippen LogP contribution in [0.15, 0.2) is 24.3 Å². The van der Waals surface area contributed by atoms with Crippen molar-refractivity contribution in [2.24, 2.45) is 5.92 Å². The third kappa shape index (κ3) is 5.40. The Balaban J connectivity index is 1.40. The standard InChI is InChI=1S/C27H37N5O2/c1-17(2)14-26(33)30-24-9-8-20-6-7-21(16-23(20)24)27(34)31(5)22-10-12-32(13-11-22)25-15-18(3)28-19(4)29-25/h6-7,15-17,22,24H,8-14H2,1-5H3,(H,30,33)/t24-/m1/s1. The van der Waals surface area contributed by atoms with Gasteiger partial charge in [0.15, 0.2) is 0 Å². The summed E-state index contributed by atoms with van der Waals surface area (Å²) >= 11 is 0. The lowest BCUT2D eigenvalue weighted by atomic mass is 10.00. The average Bonchev–Trinajstić information content (AvgIpc) is 3.18. The number of hydrogen-bond acceptors (Lipinski definition) is 5. The van der Waals surface area contributed by atoms with Crippen molar-refractivity contribution in [3.8, 4) is 0 Å². The fourth-order valence-electron chi connectivity index (χ4n) is 5.22. The van der Waals surface area contributed by atoms with Crippen LogP contribution in [0.1, 0.15) is 78.6 Å². The molecule has 7 nitrogen and oxygen atoms in total. The van der Waals surface area contributed by atoms with E-state index < -0.39 is 0 Å². The molecule has 2 heterocycles. The molecule has 0 radical (unpaired) electrons. The topological polar surface area (TPSA) is 78.4 Å². The zero-order chi connectivity index (χ0) is 24.4. The van der Waals surface area contributed by atoms with Crippen molar-refractivity contribution in [2.75, 3.05) is 25.0 Å². The van der Waals surface area contributed by atoms with Crippen LogP contribution in [0, 0.1) is 19.8 Å². The highest BCUT2D eigenvalue weighted by Crippen LogP contribution is 2.33. The maximum Gasteiger partial charge on any atom is 0.253 e. The Labute approximate surface area is 203 Å². The van der Waals surface area contributed by atoms with E-state index >= 15 is 0 Å². The minimum atomic E-state index is 0.00215. The van der Waals surface area contributed by atoms with E-state index in [2.05, 4.69) is 40.1 Å². The van der Waals surface area contributed by atoms with Gasteiger partial charge >= 0.3 is 0 Å². The summed E-state index contributed by atoms with van der Waals surface area (Å²) in [6, 6.07) is 8.24. The number of piperidine rings is 1. The van der Waals surface area contributed by atoms with Gasteiger partial charge in [0, 0.05) is 49.9 Å². The molecule has 7 heteroatoms. The molecule has 0 bridgehead atoms. The Hall–Kier alpha value is -2.96. The Morgan fingerprint density at radius 1 is 1.12 bits per heavy atom. The SMILES string of the molecule is Cc1cc(N2CCC(N(C)C(=O)c3ccc4c(c3)[C@H](NC(=O)CC(C)C)CC4)CC2)nc(C)n1. The van der Waals surface area contributed by atoms with Crippen molar-refractivity contribution in [3.05, 3.63) is 52.5 Å². The first-order valence-corrected chi connectivity index (χ1v) is 12.5. The van der Waals surface area contributed by atoms with Crippen LogP contribution in [0.25, 0.3) is 0 Å². The number of fused-ring (bicyclic) bond motifs is 1. The van der Waals surface area contributed by atoms with Gasteiger partial charge in [0.2, 0.25) is 5.91 Å². The molecule has 1 aromatic heterocycles. The molecule has 1 saturated heterocycles. The maximum atomic E-state index is 13.4. The van der Waals surface area contributed by atoms with Crippen LogP contribution < -0.4 is 10.2 Å². The summed E-state index contributed by atoms with van der Waals surface area (Å²) in [7, 11) is 1.91. The van der Waals surface area contributed by atoms with Crippen LogP contribution in [-0.4, -0.2) is 52.9 Å². The molecule has 0 unspecified atom stereocenters. The smallest absolute Gasteiger partial charge is 0.253 e. The van der Waals surface area contributed by atoms with Gasteiger partial charge in [0.1, 0.15) is 11.6 Å². The van der Waals surface area contributed by atoms with Gasteiger partial charge in [-0.15, -0.1) is 0 Å². The van der Waals surface area contributed by atoms with Crippen LogP contribution in [0.4, 0.5) is 5.82 Å². The number of rotatable bonds is 6. The van der Waals surface area contributed by atoms with Gasteiger partial charge in [-0.05, 0) is 68.7 Å². The fraction of sp³-hybridized carbons (Fsp3) is 0.556. The number of nitrogens with one attached hydrogen (secondary N) is 1. The van der Waals surface area contributed by atoms with Crippen molar-refractivity contribution in [3.63, 3.8) is 0 Å². The zero-order valence-electron chi connectivity index (χ0n) is 21.1. The lowest BCUT2D eigenvalue weighted by molar-refractivity contribution is -0.122. The van der Waals surface area contributed by atoms with Crippen molar-refractivity contribution < 1.29 is 9.59 Å². The summed E-state index contributed by atoms with van der Waals surface area (Å²) in [5, 5.41) is 3.17. The third-order valence-electron chi connectivity index (χ3n) is 7.01. The lowest BCUT2D eigenvalue weighted by Crippen LogP contribution is -2.46. The number of nitrogens with zero attached hydrogens (tertiary/aromatic N) is 4. The zero-order valence-corrected chi connectivity index (χ0v) is 21.1. The Morgan fingerprint density at radius 3 is 2.53 bits per heavy atom. The summed E-state index contributed by atoms with van der Waals surface area (Å²) in [6.07, 6.45) is 4.17. The van der Waals surface area contributed by atoms with E-state index in [1.165, 1.54) is 5.56 Å². The first-order valence-electron chi connectivity index (χ1n) is 12.5. The van der Waals surface area contributed by atoms with Crippen molar-refractivity contribution >= 4 is 17.6 Å². The molecule has 1 atom stereocenters. The van der Waals surface area contributed by atoms with E-state index in [-0.39, 0.29) is 23.9 Å². The summed E-state index contributed by atoms with van der Waals surface area (Å²) < 4.78 is 0. The normalized spacial score (nSPS) is 18.2. The molecule has 0 spiro atoms. The van der Waals surface area contributed by atoms with Crippen molar-refractivity contribution in [1.29, 1.82) is 0 Å². The quantitative estimate of drug-likeness (QED) is 0.701. The fourth-order valence-corrected chi connectivity index (χ4v) is 5.22. The summed E-state index contributed by atoms with van der Waals surface area (Å²) in [5.41, 5.74) is 4.02. The highest BCUT2D eigenvalue weighted by molar-refractivity contribution is 5.94. The number of benzene rings is 1. The van der Waals surface area contributed by atoms with Gasteiger partial charge < -0.3 is 15.1 Å². The van der Waals surface area contributed by atoms with E-state index in [0.29, 0.717) is 17.9 Å². The molecule has 2 amide bonds. The van der Waals surface area contributed by atoms with E-state index in [1.807, 2.05) is 44.0 Å². The molecule has 1 aromatic carbocycles. The molecule has 34 heavy (non-hydrogen) atoms. The first kappa shape index (κ1) is 24.2. The molecule has 1 N–H and O–H groups in total. The second-order valence-corrected chi connectivity index (χ2v) is 10.2. The van der Waals surface area contributed by atoms with E-state index in [1.54, 1.807) is 0 Å². The number of aryl methyl sites for hydroxylation is 3. The van der Waals surface area contributed by atoms with Crippen molar-refractivity contribution in [1.82, 2.24) is 20.2 Å². The number of anilines is 1. The summed E-state index contributed by atoms with van der Waals surface area (Å²) in [6.45, 7) is 9.75. The molecule has 2 aromatic rings. The number of carbonyl (C=O) groups excluding carboxylic acids is 2. The first-order chi connectivity index (χ1) is 16.2. The lowest BCUT2D eigenvalue weighted by Gasteiger charge is -2.37. The molecule has 2 aliphatic rings. The van der Waals surface area contributed by atoms with Crippen molar-refractivity contribution in [2.45, 2.75) is 71.9 Å². The Kier molecular flexibility index (Phi) is 7.19. The minimum absolute atomic E-state index is 0.00215. The summed E-state index contributed by atoms with van der Waals surface area (Å²) in [5.74, 6) is 2.23. The largest absolute Gasteiger partial charge is 0.356 e. The van der Waals surface area contributed by atoms with E-state index in [9.17, 15) is 9.59 Å². The van der Waals surface area contributed by atoms with Gasteiger partial charge in [-0.2, -0.15) is 0 Å². The van der Waals surface area contributed by atoms with Gasteiger partial charge in [-0.25, -0.2) is 9.97 Å². The van der Waals surface area contributed by atoms with Crippen LogP contribution in [-0.2, 0) is 11.2 Å². The molecular formula is C27H37N5O2. The molecule has 1 fully saturated rings. The number of carbonyl (C=O) groups is 2. The number of amides is 2. The Bertz CT molecular complexity index is 1040. The van der Waals surface area contributed by atoms with Crippen LogP contribution >= 0.6 is 0 Å². The van der Waals surface area contributed by atoms with Gasteiger partial charge in [0.05, 0.1) is 6.04 Å². The molecule has 0 saturated carbocycles. The number of aromatic nitrogens is 2. The summed E-state index contributed by atoms with van der Waals surface area (Å²) in [4.78, 5) is 38.8. The maximum absolute atomic E-state index is 13.4. The van der Waals surface area contributed by atoms with E-state index in [0.717, 1.165) is 61.7 Å². The second-order valence-electron chi connectivity index (χ2n) is 10.2. The average molecular weight is 464 g/mol. The van der Waals surface area contributed by atoms with Crippen LogP contribution in [0.5, 0.6) is 0 Å². The van der Waals surface area contributed by atoms with Crippen LogP contribution in [0.2, 0.25) is 0 Å². The third-order valence-corrected chi connectivity index (χ3v) is 7.01. The van der Waals surface area contributed by atoms with Crippen LogP contribution in [0.3, 0.4) is 0 Å². The molecule has 4 rings (SSSR count). The number of hydrogen-bond donors (Lipinski definition) is 1. The molecule has 182 valence electrons. The van der Waals surface area contributed by atoms with E-state index in [4.69, 9.17) is 0 Å². The highest BCUT2D eigenvalue weighted by Gasteiger charge is 2.29. The predicted octanol–water partition coefficient (Wildman–Crippen LogP) is 3.98. The second kappa shape index (κ2) is 10.1. The predicted molar refractivity (Wildman–Crippen MR) is 134 cm³/mol. The monoisotopic (exact) mass is 463 g/mol. The van der Waals surface area contributed by atoms with Gasteiger partial charge in [0.25, 0.3) is 5.91 Å².